The van der Waals surface area contributed by atoms with Crippen molar-refractivity contribution in [3.05, 3.63) is 54.1 Å². The molecule has 1 aromatic heterocycles. The van der Waals surface area contributed by atoms with Crippen LogP contribution in [0.25, 0.3) is 10.2 Å². The normalized spacial score (nSPS) is 20.3. The summed E-state index contributed by atoms with van der Waals surface area (Å²) in [6, 6.07) is 14.1. The third-order valence-electron chi connectivity index (χ3n) is 5.32. The molecule has 1 aliphatic rings. The minimum absolute atomic E-state index is 0.0567. The number of para-hydroxylation sites is 1. The van der Waals surface area contributed by atoms with Crippen molar-refractivity contribution in [2.75, 3.05) is 25.0 Å². The average Bonchev–Trinajstić information content (AvgIpc) is 3.14. The van der Waals surface area contributed by atoms with Crippen molar-refractivity contribution in [2.45, 2.75) is 25.2 Å². The number of benzene rings is 2. The molecule has 2 atom stereocenters. The number of nitrogens with one attached hydrogen (secondary N) is 1. The number of fused-ring (bicyclic) bond motifs is 1. The van der Waals surface area contributed by atoms with Crippen LogP contribution in [0.5, 0.6) is 0 Å². The number of hydrogen-bond acceptors (Lipinski definition) is 6. The van der Waals surface area contributed by atoms with Crippen molar-refractivity contribution in [1.29, 1.82) is 0 Å². The lowest BCUT2D eigenvalue weighted by Crippen LogP contribution is -2.42. The second kappa shape index (κ2) is 8.45. The topological polar surface area (TPSA) is 79.4 Å². The highest BCUT2D eigenvalue weighted by atomic mass is 32.2. The van der Waals surface area contributed by atoms with Crippen LogP contribution in [0.3, 0.4) is 0 Å². The van der Waals surface area contributed by atoms with Gasteiger partial charge in [0.15, 0.2) is 10.9 Å². The highest BCUT2D eigenvalue weighted by Gasteiger charge is 2.31. The molecule has 3 aromatic rings. The summed E-state index contributed by atoms with van der Waals surface area (Å²) in [7, 11) is -3.62. The number of hydrogen-bond donors (Lipinski definition) is 1. The Labute approximate surface area is 181 Å². The van der Waals surface area contributed by atoms with Gasteiger partial charge in [-0.3, -0.25) is 4.79 Å². The molecule has 158 valence electrons. The molecular formula is C22H25N3O3S2. The van der Waals surface area contributed by atoms with Gasteiger partial charge >= 0.3 is 0 Å². The first kappa shape index (κ1) is 21.0. The van der Waals surface area contributed by atoms with Crippen molar-refractivity contribution >= 4 is 42.5 Å². The third kappa shape index (κ3) is 4.40. The van der Waals surface area contributed by atoms with Crippen LogP contribution in [0, 0.1) is 11.8 Å². The summed E-state index contributed by atoms with van der Waals surface area (Å²) in [5, 5.41) is 3.73. The largest absolute Gasteiger partial charge is 0.354 e. The first-order valence-electron chi connectivity index (χ1n) is 10.1. The highest BCUT2D eigenvalue weighted by Crippen LogP contribution is 2.28. The van der Waals surface area contributed by atoms with E-state index in [-0.39, 0.29) is 17.2 Å². The van der Waals surface area contributed by atoms with Gasteiger partial charge in [0.25, 0.3) is 0 Å². The minimum Gasteiger partial charge on any atom is -0.354 e. The molecule has 0 bridgehead atoms. The number of piperidine rings is 1. The number of thiazole rings is 1. The van der Waals surface area contributed by atoms with E-state index in [1.165, 1.54) is 17.4 Å². The molecule has 0 spiro atoms. The summed E-state index contributed by atoms with van der Waals surface area (Å²) < 4.78 is 28.8. The highest BCUT2D eigenvalue weighted by molar-refractivity contribution is 7.89. The number of carbonyl (C=O) groups excluding carboxylic acids is 1. The number of carbonyl (C=O) groups is 1. The maximum atomic E-state index is 13.1. The molecule has 1 fully saturated rings. The van der Waals surface area contributed by atoms with E-state index in [1.807, 2.05) is 24.3 Å². The standard InChI is InChI=1S/C22H25N3O3S2/c1-15-10-16(2)14-25(13-15)30(27,28)18-7-5-6-17(11-18)20(26)12-23-22-24-19-8-3-4-9-21(19)29-22/h3-9,11,15-16H,10,12-14H2,1-2H3,(H,23,24). The van der Waals surface area contributed by atoms with Crippen LogP contribution in [0.2, 0.25) is 0 Å². The van der Waals surface area contributed by atoms with Crippen LogP contribution in [-0.4, -0.2) is 43.1 Å². The molecule has 1 aliphatic heterocycles. The van der Waals surface area contributed by atoms with E-state index in [2.05, 4.69) is 24.1 Å². The van der Waals surface area contributed by atoms with Crippen molar-refractivity contribution in [2.24, 2.45) is 11.8 Å². The molecule has 0 amide bonds. The van der Waals surface area contributed by atoms with E-state index in [4.69, 9.17) is 0 Å². The fraction of sp³-hybridized carbons (Fsp3) is 0.364. The number of Topliss-reactive ketones (excluding diaryl/α,β-unsaturated/α-hetero) is 1. The second-order valence-electron chi connectivity index (χ2n) is 8.06. The Balaban J connectivity index is 1.48. The number of aromatic nitrogens is 1. The van der Waals surface area contributed by atoms with Gasteiger partial charge in [0.1, 0.15) is 0 Å². The van der Waals surface area contributed by atoms with Gasteiger partial charge in [0.05, 0.1) is 21.7 Å². The van der Waals surface area contributed by atoms with Gasteiger partial charge < -0.3 is 5.32 Å². The number of rotatable bonds is 6. The van der Waals surface area contributed by atoms with Crippen LogP contribution in [0.15, 0.2) is 53.4 Å². The first-order chi connectivity index (χ1) is 14.3. The van der Waals surface area contributed by atoms with E-state index >= 15 is 0 Å². The van der Waals surface area contributed by atoms with Gasteiger partial charge in [-0.25, -0.2) is 13.4 Å². The monoisotopic (exact) mass is 443 g/mol. The number of sulfonamides is 1. The van der Waals surface area contributed by atoms with Crippen LogP contribution < -0.4 is 5.32 Å². The lowest BCUT2D eigenvalue weighted by Gasteiger charge is -2.34. The molecule has 1 N–H and O–H groups in total. The summed E-state index contributed by atoms with van der Waals surface area (Å²) in [6.07, 6.45) is 1.03. The van der Waals surface area contributed by atoms with Crippen molar-refractivity contribution in [1.82, 2.24) is 9.29 Å². The predicted molar refractivity (Wildman–Crippen MR) is 121 cm³/mol. The maximum absolute atomic E-state index is 13.1. The summed E-state index contributed by atoms with van der Waals surface area (Å²) in [5.41, 5.74) is 1.26. The van der Waals surface area contributed by atoms with Gasteiger partial charge in [-0.2, -0.15) is 4.31 Å². The lowest BCUT2D eigenvalue weighted by molar-refractivity contribution is 0.101. The molecule has 6 nitrogen and oxygen atoms in total. The molecule has 4 rings (SSSR count). The van der Waals surface area contributed by atoms with Gasteiger partial charge in [-0.15, -0.1) is 0 Å². The fourth-order valence-corrected chi connectivity index (χ4v) is 6.57. The molecule has 8 heteroatoms. The zero-order valence-electron chi connectivity index (χ0n) is 17.0. The maximum Gasteiger partial charge on any atom is 0.243 e. The van der Waals surface area contributed by atoms with Crippen molar-refractivity contribution in [3.8, 4) is 0 Å². The fourth-order valence-electron chi connectivity index (χ4n) is 3.99. The number of anilines is 1. The molecule has 0 saturated carbocycles. The van der Waals surface area contributed by atoms with Crippen LogP contribution in [0.1, 0.15) is 30.6 Å². The van der Waals surface area contributed by atoms with E-state index in [9.17, 15) is 13.2 Å². The van der Waals surface area contributed by atoms with Gasteiger partial charge in [0, 0.05) is 18.7 Å². The Kier molecular flexibility index (Phi) is 5.90. The SMILES string of the molecule is CC1CC(C)CN(S(=O)(=O)c2cccc(C(=O)CNc3nc4ccccc4s3)c2)C1. The Morgan fingerprint density at radius 1 is 1.13 bits per heavy atom. The molecule has 0 aliphatic carbocycles. The third-order valence-corrected chi connectivity index (χ3v) is 8.14. The molecule has 2 aromatic carbocycles. The van der Waals surface area contributed by atoms with Gasteiger partial charge in [-0.1, -0.05) is 49.4 Å². The molecule has 1 saturated heterocycles. The zero-order valence-corrected chi connectivity index (χ0v) is 18.7. The quantitative estimate of drug-likeness (QED) is 0.576. The number of ketones is 1. The Morgan fingerprint density at radius 2 is 1.87 bits per heavy atom. The van der Waals surface area contributed by atoms with Crippen molar-refractivity contribution in [3.63, 3.8) is 0 Å². The lowest BCUT2D eigenvalue weighted by atomic mass is 9.94. The number of nitrogens with zero attached hydrogens (tertiary/aromatic N) is 2. The second-order valence-corrected chi connectivity index (χ2v) is 11.0. The summed E-state index contributed by atoms with van der Waals surface area (Å²) in [5.74, 6) is 0.476. The zero-order chi connectivity index (χ0) is 21.3. The average molecular weight is 444 g/mol. The Bertz CT molecular complexity index is 1130. The van der Waals surface area contributed by atoms with E-state index in [0.717, 1.165) is 16.6 Å². The smallest absolute Gasteiger partial charge is 0.243 e. The van der Waals surface area contributed by atoms with Gasteiger partial charge in [0.2, 0.25) is 10.0 Å². The molecule has 2 heterocycles. The predicted octanol–water partition coefficient (Wildman–Crippen LogP) is 4.26. The van der Waals surface area contributed by atoms with Gasteiger partial charge in [-0.05, 0) is 42.5 Å². The van der Waals surface area contributed by atoms with Crippen molar-refractivity contribution < 1.29 is 13.2 Å². The first-order valence-corrected chi connectivity index (χ1v) is 12.3. The van der Waals surface area contributed by atoms with E-state index < -0.39 is 10.0 Å². The van der Waals surface area contributed by atoms with E-state index in [0.29, 0.717) is 35.6 Å². The molecular weight excluding hydrogens is 418 g/mol. The van der Waals surface area contributed by atoms with Crippen LogP contribution in [0.4, 0.5) is 5.13 Å². The molecule has 0 radical (unpaired) electrons. The Morgan fingerprint density at radius 3 is 2.60 bits per heavy atom. The minimum atomic E-state index is -3.62. The van der Waals surface area contributed by atoms with Crippen LogP contribution >= 0.6 is 11.3 Å². The summed E-state index contributed by atoms with van der Waals surface area (Å²) >= 11 is 1.48. The Hall–Kier alpha value is -2.29. The molecule has 2 unspecified atom stereocenters. The summed E-state index contributed by atoms with van der Waals surface area (Å²) in [4.78, 5) is 17.3. The summed E-state index contributed by atoms with van der Waals surface area (Å²) in [6.45, 7) is 5.24. The molecule has 30 heavy (non-hydrogen) atoms. The van der Waals surface area contributed by atoms with E-state index in [1.54, 1.807) is 22.5 Å². The van der Waals surface area contributed by atoms with Crippen LogP contribution in [-0.2, 0) is 10.0 Å².